The van der Waals surface area contributed by atoms with Crippen LogP contribution < -0.4 is 10.1 Å². The number of carbonyl (C=O) groups is 1. The van der Waals surface area contributed by atoms with E-state index >= 15 is 0 Å². The molecule has 0 bridgehead atoms. The second kappa shape index (κ2) is 5.81. The summed E-state index contributed by atoms with van der Waals surface area (Å²) in [5, 5.41) is 12.0. The average Bonchev–Trinajstić information content (AvgIpc) is 2.40. The highest BCUT2D eigenvalue weighted by Gasteiger charge is 2.09. The maximum Gasteiger partial charge on any atom is 0.337 e. The third-order valence-electron chi connectivity index (χ3n) is 2.33. The number of carboxylic acids is 1. The molecule has 2 N–H and O–H groups in total. The van der Waals surface area contributed by atoms with Gasteiger partial charge in [-0.15, -0.1) is 0 Å². The van der Waals surface area contributed by atoms with Crippen LogP contribution in [0.3, 0.4) is 0 Å². The van der Waals surface area contributed by atoms with Crippen molar-refractivity contribution in [2.24, 2.45) is 0 Å². The van der Waals surface area contributed by atoms with Crippen LogP contribution in [0.1, 0.15) is 17.3 Å². The standard InChI is InChI=1S/C13H13N3O3/c1-2-19-13-14-8-7-11(16-13)15-10-6-4-3-5-9(10)12(17)18/h3-8H,2H2,1H3,(H,17,18)(H,14,15,16). The molecule has 98 valence electrons. The molecule has 1 heterocycles. The Balaban J connectivity index is 2.26. The van der Waals surface area contributed by atoms with Crippen molar-refractivity contribution in [1.82, 2.24) is 9.97 Å². The number of para-hydroxylation sites is 1. The van der Waals surface area contributed by atoms with E-state index in [4.69, 9.17) is 9.84 Å². The number of aromatic carboxylic acids is 1. The van der Waals surface area contributed by atoms with Crippen LogP contribution >= 0.6 is 0 Å². The van der Waals surface area contributed by atoms with Gasteiger partial charge in [0.2, 0.25) is 0 Å². The largest absolute Gasteiger partial charge is 0.478 e. The Morgan fingerprint density at radius 3 is 2.89 bits per heavy atom. The van der Waals surface area contributed by atoms with Gasteiger partial charge in [-0.1, -0.05) is 12.1 Å². The van der Waals surface area contributed by atoms with Crippen LogP contribution in [-0.4, -0.2) is 27.7 Å². The Labute approximate surface area is 110 Å². The molecule has 0 amide bonds. The van der Waals surface area contributed by atoms with Gasteiger partial charge in [0.05, 0.1) is 17.9 Å². The van der Waals surface area contributed by atoms with E-state index in [0.717, 1.165) is 0 Å². The summed E-state index contributed by atoms with van der Waals surface area (Å²) in [5.74, 6) is -0.519. The first-order chi connectivity index (χ1) is 9.20. The van der Waals surface area contributed by atoms with Crippen molar-refractivity contribution in [3.8, 4) is 6.01 Å². The number of carboxylic acid groups (broad SMARTS) is 1. The van der Waals surface area contributed by atoms with Gasteiger partial charge in [-0.2, -0.15) is 4.98 Å². The van der Waals surface area contributed by atoms with E-state index in [1.807, 2.05) is 6.92 Å². The van der Waals surface area contributed by atoms with Crippen LogP contribution in [0.5, 0.6) is 6.01 Å². The van der Waals surface area contributed by atoms with Crippen LogP contribution in [0.4, 0.5) is 11.5 Å². The molecule has 2 aromatic rings. The van der Waals surface area contributed by atoms with Gasteiger partial charge in [-0.25, -0.2) is 9.78 Å². The van der Waals surface area contributed by atoms with Crippen molar-refractivity contribution in [1.29, 1.82) is 0 Å². The topological polar surface area (TPSA) is 84.3 Å². The molecule has 1 aromatic heterocycles. The fourth-order valence-corrected chi connectivity index (χ4v) is 1.53. The minimum absolute atomic E-state index is 0.180. The SMILES string of the molecule is CCOc1nccc(Nc2ccccc2C(=O)O)n1. The zero-order valence-electron chi connectivity index (χ0n) is 10.3. The van der Waals surface area contributed by atoms with Crippen molar-refractivity contribution in [3.63, 3.8) is 0 Å². The molecule has 0 radical (unpaired) electrons. The Bertz CT molecular complexity index is 587. The molecule has 0 aliphatic heterocycles. The lowest BCUT2D eigenvalue weighted by Crippen LogP contribution is -2.04. The van der Waals surface area contributed by atoms with Crippen molar-refractivity contribution in [3.05, 3.63) is 42.1 Å². The molecule has 19 heavy (non-hydrogen) atoms. The highest BCUT2D eigenvalue weighted by Crippen LogP contribution is 2.20. The van der Waals surface area contributed by atoms with E-state index in [1.165, 1.54) is 6.07 Å². The number of hydrogen-bond acceptors (Lipinski definition) is 5. The Morgan fingerprint density at radius 2 is 2.16 bits per heavy atom. The lowest BCUT2D eigenvalue weighted by molar-refractivity contribution is 0.0698. The van der Waals surface area contributed by atoms with Crippen molar-refractivity contribution in [2.45, 2.75) is 6.92 Å². The molecule has 0 saturated carbocycles. The van der Waals surface area contributed by atoms with Gasteiger partial charge in [0, 0.05) is 6.20 Å². The number of ether oxygens (including phenoxy) is 1. The van der Waals surface area contributed by atoms with Crippen LogP contribution in [0.15, 0.2) is 36.5 Å². The van der Waals surface area contributed by atoms with Gasteiger partial charge in [-0.05, 0) is 25.1 Å². The van der Waals surface area contributed by atoms with E-state index in [-0.39, 0.29) is 11.6 Å². The summed E-state index contributed by atoms with van der Waals surface area (Å²) < 4.78 is 5.18. The molecule has 6 nitrogen and oxygen atoms in total. The minimum atomic E-state index is -0.998. The fraction of sp³-hybridized carbons (Fsp3) is 0.154. The molecule has 0 unspecified atom stereocenters. The number of rotatable bonds is 5. The van der Waals surface area contributed by atoms with Gasteiger partial charge >= 0.3 is 12.0 Å². The molecule has 0 spiro atoms. The second-order valence-electron chi connectivity index (χ2n) is 3.63. The maximum absolute atomic E-state index is 11.1. The molecule has 2 rings (SSSR count). The van der Waals surface area contributed by atoms with Crippen LogP contribution in [0.25, 0.3) is 0 Å². The van der Waals surface area contributed by atoms with Crippen molar-refractivity contribution in [2.75, 3.05) is 11.9 Å². The first-order valence-corrected chi connectivity index (χ1v) is 5.76. The summed E-state index contributed by atoms with van der Waals surface area (Å²) in [7, 11) is 0. The molecule has 6 heteroatoms. The number of nitrogens with one attached hydrogen (secondary N) is 1. The number of benzene rings is 1. The first kappa shape index (κ1) is 12.8. The van der Waals surface area contributed by atoms with Gasteiger partial charge in [0.25, 0.3) is 0 Å². The third-order valence-corrected chi connectivity index (χ3v) is 2.33. The molecule has 0 aliphatic rings. The number of anilines is 2. The summed E-state index contributed by atoms with van der Waals surface area (Å²) in [6.45, 7) is 2.30. The normalized spacial score (nSPS) is 9.95. The van der Waals surface area contributed by atoms with Gasteiger partial charge < -0.3 is 15.2 Å². The lowest BCUT2D eigenvalue weighted by atomic mass is 10.2. The first-order valence-electron chi connectivity index (χ1n) is 5.76. The fourth-order valence-electron chi connectivity index (χ4n) is 1.53. The molecule has 1 aromatic carbocycles. The smallest absolute Gasteiger partial charge is 0.337 e. The highest BCUT2D eigenvalue weighted by atomic mass is 16.5. The Hall–Kier alpha value is -2.63. The van der Waals surface area contributed by atoms with Crippen molar-refractivity contribution < 1.29 is 14.6 Å². The number of hydrogen-bond donors (Lipinski definition) is 2. The summed E-state index contributed by atoms with van der Waals surface area (Å²) in [5.41, 5.74) is 0.648. The molecular weight excluding hydrogens is 246 g/mol. The number of aromatic nitrogens is 2. The molecule has 0 saturated heterocycles. The zero-order valence-corrected chi connectivity index (χ0v) is 10.3. The second-order valence-corrected chi connectivity index (χ2v) is 3.63. The van der Waals surface area contributed by atoms with E-state index in [9.17, 15) is 4.79 Å². The van der Waals surface area contributed by atoms with E-state index in [1.54, 1.807) is 30.5 Å². The summed E-state index contributed by atoms with van der Waals surface area (Å²) in [6, 6.07) is 8.50. The zero-order chi connectivity index (χ0) is 13.7. The summed E-state index contributed by atoms with van der Waals surface area (Å²) in [4.78, 5) is 19.1. The van der Waals surface area contributed by atoms with Crippen LogP contribution in [-0.2, 0) is 0 Å². The molecule has 0 atom stereocenters. The number of nitrogens with zero attached hydrogens (tertiary/aromatic N) is 2. The van der Waals surface area contributed by atoms with Gasteiger partial charge in [0.1, 0.15) is 5.82 Å². The van der Waals surface area contributed by atoms with Crippen LogP contribution in [0.2, 0.25) is 0 Å². The molecular formula is C13H13N3O3. The van der Waals surface area contributed by atoms with Crippen LogP contribution in [0, 0.1) is 0 Å². The highest BCUT2D eigenvalue weighted by molar-refractivity contribution is 5.94. The summed E-state index contributed by atoms with van der Waals surface area (Å²) in [6.07, 6.45) is 1.55. The van der Waals surface area contributed by atoms with E-state index in [0.29, 0.717) is 18.1 Å². The van der Waals surface area contributed by atoms with Gasteiger partial charge in [0.15, 0.2) is 0 Å². The van der Waals surface area contributed by atoms with Crippen molar-refractivity contribution >= 4 is 17.5 Å². The Morgan fingerprint density at radius 1 is 1.37 bits per heavy atom. The Kier molecular flexibility index (Phi) is 3.92. The van der Waals surface area contributed by atoms with E-state index in [2.05, 4.69) is 15.3 Å². The molecule has 0 aliphatic carbocycles. The quantitative estimate of drug-likeness (QED) is 0.857. The maximum atomic E-state index is 11.1. The predicted octanol–water partition coefficient (Wildman–Crippen LogP) is 2.32. The molecule has 0 fully saturated rings. The van der Waals surface area contributed by atoms with E-state index < -0.39 is 5.97 Å². The predicted molar refractivity (Wildman–Crippen MR) is 69.9 cm³/mol. The third kappa shape index (κ3) is 3.19. The average molecular weight is 259 g/mol. The summed E-state index contributed by atoms with van der Waals surface area (Å²) >= 11 is 0. The lowest BCUT2D eigenvalue weighted by Gasteiger charge is -2.09. The van der Waals surface area contributed by atoms with Gasteiger partial charge in [-0.3, -0.25) is 0 Å². The minimum Gasteiger partial charge on any atom is -0.478 e. The monoisotopic (exact) mass is 259 g/mol.